The molecule has 3 atom stereocenters. The highest BCUT2D eigenvalue weighted by Gasteiger charge is 2.36. The number of nitrogens with zero attached hydrogens (tertiary/aromatic N) is 5. The minimum absolute atomic E-state index is 0.312. The lowest BCUT2D eigenvalue weighted by Crippen LogP contribution is -2.51. The maximum atomic E-state index is 5.93. The summed E-state index contributed by atoms with van der Waals surface area (Å²) in [6.07, 6.45) is 6.95. The predicted molar refractivity (Wildman–Crippen MR) is 101 cm³/mol. The second-order valence-electron chi connectivity index (χ2n) is 7.09. The number of pyridine rings is 2. The van der Waals surface area contributed by atoms with E-state index >= 15 is 0 Å². The van der Waals surface area contributed by atoms with Gasteiger partial charge in [0.15, 0.2) is 5.82 Å². The van der Waals surface area contributed by atoms with Crippen LogP contribution >= 0.6 is 0 Å². The summed E-state index contributed by atoms with van der Waals surface area (Å²) < 4.78 is 7.82. The van der Waals surface area contributed by atoms with Crippen LogP contribution in [0, 0.1) is 0 Å². The van der Waals surface area contributed by atoms with Gasteiger partial charge < -0.3 is 10.1 Å². The quantitative estimate of drug-likeness (QED) is 0.771. The number of ether oxygens (including phenoxy) is 1. The molecular weight excluding hydrogens is 340 g/mol. The normalized spacial score (nSPS) is 25.1. The fourth-order valence-corrected chi connectivity index (χ4v) is 4.09. The summed E-state index contributed by atoms with van der Waals surface area (Å²) in [7, 11) is 0. The Balaban J connectivity index is 1.53. The van der Waals surface area contributed by atoms with E-state index in [4.69, 9.17) is 14.8 Å². The summed E-state index contributed by atoms with van der Waals surface area (Å²) in [6, 6.07) is 12.0. The van der Waals surface area contributed by atoms with Crippen LogP contribution < -0.4 is 5.32 Å². The predicted octanol–water partition coefficient (Wildman–Crippen LogP) is 2.35. The van der Waals surface area contributed by atoms with E-state index in [0.717, 1.165) is 49.8 Å². The molecule has 2 fully saturated rings. The van der Waals surface area contributed by atoms with Gasteiger partial charge in [0, 0.05) is 30.9 Å². The highest BCUT2D eigenvalue weighted by atomic mass is 16.5. The fraction of sp³-hybridized carbons (Fsp3) is 0.400. The largest absolute Gasteiger partial charge is 0.375 e. The van der Waals surface area contributed by atoms with Gasteiger partial charge in [-0.05, 0) is 43.5 Å². The third-order valence-electron chi connectivity index (χ3n) is 5.39. The van der Waals surface area contributed by atoms with Crippen LogP contribution in [-0.2, 0) is 4.74 Å². The maximum absolute atomic E-state index is 5.93. The number of hydrogen-bond acceptors (Lipinski definition) is 6. The van der Waals surface area contributed by atoms with E-state index in [1.165, 1.54) is 0 Å². The Kier molecular flexibility index (Phi) is 4.39. The zero-order valence-corrected chi connectivity index (χ0v) is 15.0. The smallest absolute Gasteiger partial charge is 0.200 e. The van der Waals surface area contributed by atoms with Crippen molar-refractivity contribution in [1.82, 2.24) is 30.0 Å². The second kappa shape index (κ2) is 7.17. The van der Waals surface area contributed by atoms with Crippen LogP contribution in [0.1, 0.15) is 31.0 Å². The maximum Gasteiger partial charge on any atom is 0.200 e. The van der Waals surface area contributed by atoms with Crippen molar-refractivity contribution in [3.8, 4) is 17.3 Å². The standard InChI is InChI=1S/C20H22N6O/c1-3-9-21-15(5-1)19-24-20(26(25-19)18-6-2-4-10-23-18)14-7-8-17-16(13-14)22-11-12-27-17/h1-6,9-10,14,16-17,22H,7-8,11-13H2/t14-,16+,17+/m0/s1. The van der Waals surface area contributed by atoms with E-state index in [0.29, 0.717) is 23.9 Å². The molecule has 1 aliphatic carbocycles. The molecular formula is C20H22N6O. The molecule has 5 rings (SSSR count). The summed E-state index contributed by atoms with van der Waals surface area (Å²) in [4.78, 5) is 13.8. The Labute approximate surface area is 157 Å². The summed E-state index contributed by atoms with van der Waals surface area (Å²) in [6.45, 7) is 1.72. The summed E-state index contributed by atoms with van der Waals surface area (Å²) >= 11 is 0. The molecule has 0 bridgehead atoms. The van der Waals surface area contributed by atoms with Crippen molar-refractivity contribution in [2.75, 3.05) is 13.2 Å². The Morgan fingerprint density at radius 1 is 1.04 bits per heavy atom. The van der Waals surface area contributed by atoms with Gasteiger partial charge in [0.25, 0.3) is 0 Å². The molecule has 1 N–H and O–H groups in total. The lowest BCUT2D eigenvalue weighted by Gasteiger charge is -2.39. The molecule has 0 amide bonds. The van der Waals surface area contributed by atoms with Crippen molar-refractivity contribution in [3.05, 3.63) is 54.6 Å². The molecule has 0 aromatic carbocycles. The second-order valence-corrected chi connectivity index (χ2v) is 7.09. The van der Waals surface area contributed by atoms with Gasteiger partial charge in [-0.2, -0.15) is 4.68 Å². The molecule has 2 aliphatic rings. The van der Waals surface area contributed by atoms with Gasteiger partial charge in [-0.1, -0.05) is 12.1 Å². The van der Waals surface area contributed by atoms with E-state index in [9.17, 15) is 0 Å². The van der Waals surface area contributed by atoms with Crippen LogP contribution in [0.2, 0.25) is 0 Å². The highest BCUT2D eigenvalue weighted by molar-refractivity contribution is 5.48. The van der Waals surface area contributed by atoms with Crippen molar-refractivity contribution < 1.29 is 4.74 Å². The average molecular weight is 362 g/mol. The topological polar surface area (TPSA) is 77.8 Å². The van der Waals surface area contributed by atoms with E-state index in [1.54, 1.807) is 12.4 Å². The van der Waals surface area contributed by atoms with Gasteiger partial charge in [-0.25, -0.2) is 9.97 Å². The van der Waals surface area contributed by atoms with Crippen molar-refractivity contribution >= 4 is 0 Å². The molecule has 7 nitrogen and oxygen atoms in total. The summed E-state index contributed by atoms with van der Waals surface area (Å²) in [5, 5.41) is 8.37. The van der Waals surface area contributed by atoms with Gasteiger partial charge in [-0.15, -0.1) is 5.10 Å². The Morgan fingerprint density at radius 3 is 2.74 bits per heavy atom. The molecule has 3 aromatic rings. The zero-order valence-electron chi connectivity index (χ0n) is 15.0. The first-order valence-electron chi connectivity index (χ1n) is 9.53. The van der Waals surface area contributed by atoms with E-state index in [1.807, 2.05) is 41.1 Å². The average Bonchev–Trinajstić information content (AvgIpc) is 3.20. The number of rotatable bonds is 3. The summed E-state index contributed by atoms with van der Waals surface area (Å²) in [5.41, 5.74) is 0.779. The monoisotopic (exact) mass is 362 g/mol. The Morgan fingerprint density at radius 2 is 1.93 bits per heavy atom. The Bertz CT molecular complexity index is 897. The lowest BCUT2D eigenvalue weighted by molar-refractivity contribution is -0.0280. The third-order valence-corrected chi connectivity index (χ3v) is 5.39. The van der Waals surface area contributed by atoms with Crippen LogP contribution in [-0.4, -0.2) is 50.0 Å². The zero-order chi connectivity index (χ0) is 18.1. The molecule has 3 aromatic heterocycles. The third kappa shape index (κ3) is 3.24. The van der Waals surface area contributed by atoms with E-state index in [2.05, 4.69) is 15.3 Å². The minimum atomic E-state index is 0.312. The molecule has 0 radical (unpaired) electrons. The lowest BCUT2D eigenvalue weighted by atomic mass is 9.82. The minimum Gasteiger partial charge on any atom is -0.375 e. The number of hydrogen-bond donors (Lipinski definition) is 1. The highest BCUT2D eigenvalue weighted by Crippen LogP contribution is 2.35. The number of fused-ring (bicyclic) bond motifs is 1. The first kappa shape index (κ1) is 16.5. The van der Waals surface area contributed by atoms with Crippen molar-refractivity contribution in [1.29, 1.82) is 0 Å². The molecule has 138 valence electrons. The number of aromatic nitrogens is 5. The molecule has 1 saturated carbocycles. The first-order chi connectivity index (χ1) is 13.4. The van der Waals surface area contributed by atoms with Crippen LogP contribution in [0.15, 0.2) is 48.8 Å². The Hall–Kier alpha value is -2.64. The van der Waals surface area contributed by atoms with Gasteiger partial charge in [0.05, 0.1) is 12.7 Å². The van der Waals surface area contributed by atoms with Crippen LogP contribution in [0.5, 0.6) is 0 Å². The molecule has 27 heavy (non-hydrogen) atoms. The fourth-order valence-electron chi connectivity index (χ4n) is 4.09. The SMILES string of the molecule is c1ccc(-c2nc([C@H]3CC[C@H]4OCCN[C@@H]4C3)n(-c3ccccn3)n2)nc1. The van der Waals surface area contributed by atoms with Gasteiger partial charge in [0.1, 0.15) is 11.5 Å². The van der Waals surface area contributed by atoms with Crippen LogP contribution in [0.4, 0.5) is 0 Å². The van der Waals surface area contributed by atoms with Crippen molar-refractivity contribution in [3.63, 3.8) is 0 Å². The van der Waals surface area contributed by atoms with Crippen LogP contribution in [0.25, 0.3) is 17.3 Å². The first-order valence-corrected chi connectivity index (χ1v) is 9.53. The molecule has 1 saturated heterocycles. The van der Waals surface area contributed by atoms with Gasteiger partial charge in [0.2, 0.25) is 5.82 Å². The number of morpholine rings is 1. The van der Waals surface area contributed by atoms with E-state index in [-0.39, 0.29) is 0 Å². The van der Waals surface area contributed by atoms with Crippen molar-refractivity contribution in [2.45, 2.75) is 37.3 Å². The summed E-state index contributed by atoms with van der Waals surface area (Å²) in [5.74, 6) is 2.70. The van der Waals surface area contributed by atoms with Crippen LogP contribution in [0.3, 0.4) is 0 Å². The molecule has 0 unspecified atom stereocenters. The molecule has 7 heteroatoms. The van der Waals surface area contributed by atoms with Gasteiger partial charge in [-0.3, -0.25) is 4.98 Å². The molecule has 0 spiro atoms. The van der Waals surface area contributed by atoms with Crippen molar-refractivity contribution in [2.24, 2.45) is 0 Å². The van der Waals surface area contributed by atoms with E-state index < -0.39 is 0 Å². The van der Waals surface area contributed by atoms with Gasteiger partial charge >= 0.3 is 0 Å². The molecule has 1 aliphatic heterocycles. The molecule has 4 heterocycles. The number of nitrogens with one attached hydrogen (secondary N) is 1.